The maximum absolute atomic E-state index is 4.02. The minimum absolute atomic E-state index is 0.641. The van der Waals surface area contributed by atoms with Crippen LogP contribution in [0.25, 0.3) is 0 Å². The summed E-state index contributed by atoms with van der Waals surface area (Å²) in [5.41, 5.74) is 1.62. The zero-order valence-corrected chi connectivity index (χ0v) is 12.4. The third-order valence-electron chi connectivity index (χ3n) is 5.32. The van der Waals surface area contributed by atoms with E-state index in [0.717, 1.165) is 12.1 Å². The predicted octanol–water partition coefficient (Wildman–Crippen LogP) is 3.34. The first-order valence-corrected chi connectivity index (χ1v) is 8.86. The Morgan fingerprint density at radius 3 is 3.11 bits per heavy atom. The first-order chi connectivity index (χ1) is 9.42. The summed E-state index contributed by atoms with van der Waals surface area (Å²) >= 11 is 1.96. The van der Waals surface area contributed by atoms with E-state index in [4.69, 9.17) is 0 Å². The summed E-state index contributed by atoms with van der Waals surface area (Å²) in [6, 6.07) is 4.58. The Morgan fingerprint density at radius 1 is 1.11 bits per heavy atom. The minimum Gasteiger partial charge on any atom is -0.306 e. The zero-order chi connectivity index (χ0) is 12.7. The molecule has 0 bridgehead atoms. The average molecular weight is 276 g/mol. The highest BCUT2D eigenvalue weighted by molar-refractivity contribution is 7.10. The van der Waals surface area contributed by atoms with E-state index in [1.807, 2.05) is 11.3 Å². The second-order valence-electron chi connectivity index (χ2n) is 6.40. The van der Waals surface area contributed by atoms with Crippen molar-refractivity contribution in [1.82, 2.24) is 10.2 Å². The Hall–Kier alpha value is -0.380. The van der Waals surface area contributed by atoms with Gasteiger partial charge in [-0.1, -0.05) is 6.42 Å². The van der Waals surface area contributed by atoms with Crippen LogP contribution in [0.2, 0.25) is 0 Å². The summed E-state index contributed by atoms with van der Waals surface area (Å²) in [4.78, 5) is 4.38. The Morgan fingerprint density at radius 2 is 2.11 bits per heavy atom. The van der Waals surface area contributed by atoms with Gasteiger partial charge in [-0.3, -0.25) is 4.90 Å². The fourth-order valence-corrected chi connectivity index (χ4v) is 5.35. The number of thiophene rings is 1. The minimum atomic E-state index is 0.641. The van der Waals surface area contributed by atoms with Gasteiger partial charge in [0.1, 0.15) is 0 Å². The summed E-state index contributed by atoms with van der Waals surface area (Å²) in [6.07, 6.45) is 9.65. The smallest absolute Gasteiger partial charge is 0.0334 e. The van der Waals surface area contributed by atoms with Crippen molar-refractivity contribution in [3.8, 4) is 0 Å². The van der Waals surface area contributed by atoms with Gasteiger partial charge in [-0.2, -0.15) is 0 Å². The molecule has 2 aliphatic heterocycles. The molecule has 0 aromatic carbocycles. The molecule has 1 aliphatic carbocycles. The Labute approximate surface area is 120 Å². The van der Waals surface area contributed by atoms with E-state index in [-0.39, 0.29) is 0 Å². The molecule has 3 unspecified atom stereocenters. The fraction of sp³-hybridized carbons (Fsp3) is 0.750. The number of hydrogen-bond donors (Lipinski definition) is 1. The number of rotatable bonds is 2. The van der Waals surface area contributed by atoms with Crippen LogP contribution in [0.3, 0.4) is 0 Å². The molecule has 0 saturated carbocycles. The molecule has 2 saturated heterocycles. The molecule has 1 aromatic heterocycles. The molecule has 3 heteroatoms. The lowest BCUT2D eigenvalue weighted by molar-refractivity contribution is 0.175. The Kier molecular flexibility index (Phi) is 3.38. The molecular weight excluding hydrogens is 252 g/mol. The summed E-state index contributed by atoms with van der Waals surface area (Å²) < 4.78 is 0. The molecule has 0 amide bonds. The van der Waals surface area contributed by atoms with Crippen molar-refractivity contribution < 1.29 is 0 Å². The molecule has 104 valence electrons. The third-order valence-corrected chi connectivity index (χ3v) is 6.32. The van der Waals surface area contributed by atoms with Gasteiger partial charge in [0.2, 0.25) is 0 Å². The second kappa shape index (κ2) is 5.19. The SMILES string of the molecule is c1cc2c(s1)CCCC2NC1CCN2CCCCC12. The van der Waals surface area contributed by atoms with Crippen LogP contribution < -0.4 is 5.32 Å². The van der Waals surface area contributed by atoms with Gasteiger partial charge < -0.3 is 5.32 Å². The molecule has 0 spiro atoms. The fourth-order valence-electron chi connectivity index (χ4n) is 4.36. The van der Waals surface area contributed by atoms with Gasteiger partial charge in [0, 0.05) is 29.5 Å². The van der Waals surface area contributed by atoms with Crippen molar-refractivity contribution >= 4 is 11.3 Å². The Bertz CT molecular complexity index is 442. The van der Waals surface area contributed by atoms with Crippen LogP contribution in [0.1, 0.15) is 55.0 Å². The van der Waals surface area contributed by atoms with E-state index in [2.05, 4.69) is 21.7 Å². The van der Waals surface area contributed by atoms with Gasteiger partial charge >= 0.3 is 0 Å². The number of piperidine rings is 1. The van der Waals surface area contributed by atoms with Crippen LogP contribution in [0, 0.1) is 0 Å². The van der Waals surface area contributed by atoms with Crippen molar-refractivity contribution in [3.05, 3.63) is 21.9 Å². The lowest BCUT2D eigenvalue weighted by Crippen LogP contribution is -2.46. The first-order valence-electron chi connectivity index (χ1n) is 7.98. The van der Waals surface area contributed by atoms with Gasteiger partial charge in [0.25, 0.3) is 0 Å². The van der Waals surface area contributed by atoms with Gasteiger partial charge in [0.15, 0.2) is 0 Å². The van der Waals surface area contributed by atoms with Crippen molar-refractivity contribution in [2.45, 2.75) is 63.1 Å². The summed E-state index contributed by atoms with van der Waals surface area (Å²) in [6.45, 7) is 2.67. The van der Waals surface area contributed by atoms with Crippen LogP contribution >= 0.6 is 11.3 Å². The van der Waals surface area contributed by atoms with Crippen LogP contribution in [-0.2, 0) is 6.42 Å². The number of nitrogens with zero attached hydrogens (tertiary/aromatic N) is 1. The van der Waals surface area contributed by atoms with Crippen LogP contribution in [-0.4, -0.2) is 30.1 Å². The van der Waals surface area contributed by atoms with E-state index in [1.54, 1.807) is 10.4 Å². The van der Waals surface area contributed by atoms with E-state index in [9.17, 15) is 0 Å². The van der Waals surface area contributed by atoms with Gasteiger partial charge in [-0.05, 0) is 62.1 Å². The van der Waals surface area contributed by atoms with Crippen molar-refractivity contribution in [2.24, 2.45) is 0 Å². The summed E-state index contributed by atoms with van der Waals surface area (Å²) in [5.74, 6) is 0. The monoisotopic (exact) mass is 276 g/mol. The van der Waals surface area contributed by atoms with E-state index < -0.39 is 0 Å². The van der Waals surface area contributed by atoms with Crippen LogP contribution in [0.15, 0.2) is 11.4 Å². The summed E-state index contributed by atoms with van der Waals surface area (Å²) in [7, 11) is 0. The highest BCUT2D eigenvalue weighted by Gasteiger charge is 2.37. The molecule has 0 radical (unpaired) electrons. The predicted molar refractivity (Wildman–Crippen MR) is 80.8 cm³/mol. The van der Waals surface area contributed by atoms with Crippen LogP contribution in [0.5, 0.6) is 0 Å². The van der Waals surface area contributed by atoms with Crippen LogP contribution in [0.4, 0.5) is 0 Å². The quantitative estimate of drug-likeness (QED) is 0.891. The van der Waals surface area contributed by atoms with E-state index in [0.29, 0.717) is 6.04 Å². The molecule has 3 atom stereocenters. The standard InChI is InChI=1S/C16H24N2S/c1-2-9-18-10-7-14(15(18)5-1)17-13-4-3-6-16-12(13)8-11-19-16/h8,11,13-15,17H,1-7,9-10H2. The molecule has 1 aromatic rings. The van der Waals surface area contributed by atoms with Gasteiger partial charge in [-0.15, -0.1) is 11.3 Å². The average Bonchev–Trinajstić information content (AvgIpc) is 3.06. The summed E-state index contributed by atoms with van der Waals surface area (Å²) in [5, 5.41) is 6.31. The van der Waals surface area contributed by atoms with Crippen molar-refractivity contribution in [2.75, 3.05) is 13.1 Å². The lowest BCUT2D eigenvalue weighted by Gasteiger charge is -2.35. The van der Waals surface area contributed by atoms with Crippen molar-refractivity contribution in [3.63, 3.8) is 0 Å². The second-order valence-corrected chi connectivity index (χ2v) is 7.41. The molecule has 3 aliphatic rings. The number of fused-ring (bicyclic) bond motifs is 2. The first kappa shape index (κ1) is 12.4. The van der Waals surface area contributed by atoms with E-state index in [1.165, 1.54) is 58.0 Å². The van der Waals surface area contributed by atoms with E-state index >= 15 is 0 Å². The largest absolute Gasteiger partial charge is 0.306 e. The normalized spacial score (nSPS) is 35.1. The number of nitrogens with one attached hydrogen (secondary N) is 1. The molecule has 1 N–H and O–H groups in total. The molecule has 2 nitrogen and oxygen atoms in total. The molecule has 2 fully saturated rings. The highest BCUT2D eigenvalue weighted by atomic mass is 32.1. The van der Waals surface area contributed by atoms with Gasteiger partial charge in [0.05, 0.1) is 0 Å². The topological polar surface area (TPSA) is 15.3 Å². The molecule has 3 heterocycles. The lowest BCUT2D eigenvalue weighted by atomic mass is 9.91. The van der Waals surface area contributed by atoms with Gasteiger partial charge in [-0.25, -0.2) is 0 Å². The van der Waals surface area contributed by atoms with Crippen molar-refractivity contribution in [1.29, 1.82) is 0 Å². The molecular formula is C16H24N2S. The number of hydrogen-bond acceptors (Lipinski definition) is 3. The Balaban J connectivity index is 1.48. The molecule has 19 heavy (non-hydrogen) atoms. The maximum atomic E-state index is 4.02. The third kappa shape index (κ3) is 2.26. The maximum Gasteiger partial charge on any atom is 0.0334 e. The highest BCUT2D eigenvalue weighted by Crippen LogP contribution is 2.35. The number of aryl methyl sites for hydroxylation is 1. The zero-order valence-electron chi connectivity index (χ0n) is 11.6. The molecule has 4 rings (SSSR count).